The van der Waals surface area contributed by atoms with E-state index in [1.54, 1.807) is 32.6 Å². The third-order valence-corrected chi connectivity index (χ3v) is 5.63. The molecule has 0 aliphatic heterocycles. The number of nitrogens with one attached hydrogen (secondary N) is 2. The van der Waals surface area contributed by atoms with Gasteiger partial charge >= 0.3 is 6.09 Å². The standard InChI is InChI=1S/C27H45N3O4/c1-9-11-13-17-30(25(32)21(5)29-26(33)34-27(6,7)8)23(24(31)28-16-12-10-2)22-15-14-19(3)20(4)18-22/h14-15,18,21,23H,9-13,16-17H2,1-8H3,(H,28,31)(H,29,33). The molecule has 0 heterocycles. The number of unbranched alkanes of at least 4 members (excludes halogenated alkanes) is 3. The van der Waals surface area contributed by atoms with E-state index in [4.69, 9.17) is 4.74 Å². The van der Waals surface area contributed by atoms with Crippen LogP contribution in [-0.2, 0) is 14.3 Å². The van der Waals surface area contributed by atoms with E-state index in [2.05, 4.69) is 24.5 Å². The van der Waals surface area contributed by atoms with Gasteiger partial charge < -0.3 is 20.3 Å². The molecule has 0 saturated heterocycles. The number of hydrogen-bond acceptors (Lipinski definition) is 4. The van der Waals surface area contributed by atoms with Gasteiger partial charge in [-0.2, -0.15) is 0 Å². The average molecular weight is 476 g/mol. The minimum absolute atomic E-state index is 0.203. The maximum atomic E-state index is 13.6. The van der Waals surface area contributed by atoms with Crippen molar-refractivity contribution in [1.82, 2.24) is 15.5 Å². The Morgan fingerprint density at radius 3 is 2.21 bits per heavy atom. The highest BCUT2D eigenvalue weighted by Gasteiger charge is 2.34. The van der Waals surface area contributed by atoms with Crippen LogP contribution in [0.5, 0.6) is 0 Å². The lowest BCUT2D eigenvalue weighted by Gasteiger charge is -2.34. The summed E-state index contributed by atoms with van der Waals surface area (Å²) in [5, 5.41) is 5.65. The molecule has 0 spiro atoms. The second-order valence-corrected chi connectivity index (χ2v) is 10.00. The maximum Gasteiger partial charge on any atom is 0.408 e. The highest BCUT2D eigenvalue weighted by atomic mass is 16.6. The number of amides is 3. The van der Waals surface area contributed by atoms with Gasteiger partial charge in [-0.25, -0.2) is 4.79 Å². The summed E-state index contributed by atoms with van der Waals surface area (Å²) < 4.78 is 5.32. The SMILES string of the molecule is CCCCCN(C(=O)C(C)NC(=O)OC(C)(C)C)C(C(=O)NCCCC)c1ccc(C)c(C)c1. The van der Waals surface area contributed by atoms with Crippen molar-refractivity contribution in [2.24, 2.45) is 0 Å². The predicted molar refractivity (Wildman–Crippen MR) is 137 cm³/mol. The Bertz CT molecular complexity index is 817. The molecule has 2 unspecified atom stereocenters. The minimum atomic E-state index is -0.839. The van der Waals surface area contributed by atoms with Crippen molar-refractivity contribution in [3.8, 4) is 0 Å². The largest absolute Gasteiger partial charge is 0.444 e. The number of carbonyl (C=O) groups excluding carboxylic acids is 3. The average Bonchev–Trinajstić information content (AvgIpc) is 2.73. The molecule has 0 fully saturated rings. The molecular weight excluding hydrogens is 430 g/mol. The number of ether oxygens (including phenoxy) is 1. The fourth-order valence-electron chi connectivity index (χ4n) is 3.59. The Kier molecular flexibility index (Phi) is 12.1. The first-order valence-electron chi connectivity index (χ1n) is 12.6. The molecule has 192 valence electrons. The normalized spacial score (nSPS) is 13.1. The number of alkyl carbamates (subject to hydrolysis) is 1. The third-order valence-electron chi connectivity index (χ3n) is 5.63. The highest BCUT2D eigenvalue weighted by molar-refractivity contribution is 5.92. The molecule has 0 aromatic heterocycles. The minimum Gasteiger partial charge on any atom is -0.444 e. The Balaban J connectivity index is 3.30. The molecule has 1 rings (SSSR count). The Labute approximate surface area is 206 Å². The summed E-state index contributed by atoms with van der Waals surface area (Å²) in [6.07, 6.45) is 3.87. The number of aryl methyl sites for hydroxylation is 2. The third kappa shape index (κ3) is 9.74. The molecule has 7 heteroatoms. The second-order valence-electron chi connectivity index (χ2n) is 10.00. The second kappa shape index (κ2) is 14.0. The Hall–Kier alpha value is -2.57. The molecule has 0 aliphatic rings. The van der Waals surface area contributed by atoms with Crippen LogP contribution in [0.25, 0.3) is 0 Å². The van der Waals surface area contributed by atoms with E-state index in [1.165, 1.54) is 0 Å². The van der Waals surface area contributed by atoms with Crippen LogP contribution in [0.2, 0.25) is 0 Å². The van der Waals surface area contributed by atoms with Crippen molar-refractivity contribution in [2.75, 3.05) is 13.1 Å². The van der Waals surface area contributed by atoms with Gasteiger partial charge in [0.2, 0.25) is 11.8 Å². The molecule has 34 heavy (non-hydrogen) atoms. The maximum absolute atomic E-state index is 13.6. The lowest BCUT2D eigenvalue weighted by atomic mass is 9.98. The number of benzene rings is 1. The van der Waals surface area contributed by atoms with E-state index < -0.39 is 23.8 Å². The molecule has 2 atom stereocenters. The zero-order valence-electron chi connectivity index (χ0n) is 22.4. The van der Waals surface area contributed by atoms with Crippen molar-refractivity contribution in [2.45, 2.75) is 105 Å². The van der Waals surface area contributed by atoms with Gasteiger partial charge in [0.15, 0.2) is 0 Å². The number of hydrogen-bond donors (Lipinski definition) is 2. The van der Waals surface area contributed by atoms with E-state index in [0.717, 1.165) is 48.8 Å². The van der Waals surface area contributed by atoms with Crippen molar-refractivity contribution >= 4 is 17.9 Å². The molecule has 1 aromatic rings. The fraction of sp³-hybridized carbons (Fsp3) is 0.667. The van der Waals surface area contributed by atoms with Crippen molar-refractivity contribution in [3.63, 3.8) is 0 Å². The summed E-state index contributed by atoms with van der Waals surface area (Å²) in [5.41, 5.74) is 2.28. The summed E-state index contributed by atoms with van der Waals surface area (Å²) in [5.74, 6) is -0.512. The summed E-state index contributed by atoms with van der Waals surface area (Å²) >= 11 is 0. The first-order chi connectivity index (χ1) is 15.9. The first kappa shape index (κ1) is 29.5. The summed E-state index contributed by atoms with van der Waals surface area (Å²) in [6, 6.07) is 4.26. The predicted octanol–water partition coefficient (Wildman–Crippen LogP) is 5.19. The molecule has 2 N–H and O–H groups in total. The number of nitrogens with zero attached hydrogens (tertiary/aromatic N) is 1. The molecule has 1 aromatic carbocycles. The summed E-state index contributed by atoms with van der Waals surface area (Å²) in [6.45, 7) is 16.1. The molecule has 7 nitrogen and oxygen atoms in total. The smallest absolute Gasteiger partial charge is 0.408 e. The zero-order chi connectivity index (χ0) is 25.9. The Morgan fingerprint density at radius 1 is 1.00 bits per heavy atom. The fourth-order valence-corrected chi connectivity index (χ4v) is 3.59. The van der Waals surface area contributed by atoms with Gasteiger partial charge in [-0.1, -0.05) is 51.3 Å². The zero-order valence-corrected chi connectivity index (χ0v) is 22.4. The monoisotopic (exact) mass is 475 g/mol. The van der Waals surface area contributed by atoms with Gasteiger partial charge in [-0.15, -0.1) is 0 Å². The molecular formula is C27H45N3O4. The highest BCUT2D eigenvalue weighted by Crippen LogP contribution is 2.25. The lowest BCUT2D eigenvalue weighted by molar-refractivity contribution is -0.142. The van der Waals surface area contributed by atoms with Gasteiger partial charge in [-0.3, -0.25) is 9.59 Å². The number of rotatable bonds is 12. The molecule has 0 aliphatic carbocycles. The molecule has 0 bridgehead atoms. The van der Waals surface area contributed by atoms with E-state index >= 15 is 0 Å². The van der Waals surface area contributed by atoms with Crippen molar-refractivity contribution in [3.05, 3.63) is 34.9 Å². The topological polar surface area (TPSA) is 87.7 Å². The van der Waals surface area contributed by atoms with Gasteiger partial charge in [0.25, 0.3) is 0 Å². The van der Waals surface area contributed by atoms with Crippen LogP contribution < -0.4 is 10.6 Å². The van der Waals surface area contributed by atoms with E-state index in [-0.39, 0.29) is 11.8 Å². The van der Waals surface area contributed by atoms with Crippen LogP contribution in [0.1, 0.15) is 96.4 Å². The van der Waals surface area contributed by atoms with Crippen molar-refractivity contribution in [1.29, 1.82) is 0 Å². The van der Waals surface area contributed by atoms with Gasteiger partial charge in [0.1, 0.15) is 17.7 Å². The van der Waals surface area contributed by atoms with Crippen LogP contribution in [0.4, 0.5) is 4.79 Å². The van der Waals surface area contributed by atoms with E-state index in [9.17, 15) is 14.4 Å². The molecule has 0 saturated carbocycles. The van der Waals surface area contributed by atoms with Gasteiger partial charge in [0.05, 0.1) is 0 Å². The van der Waals surface area contributed by atoms with E-state index in [0.29, 0.717) is 13.1 Å². The van der Waals surface area contributed by atoms with Gasteiger partial charge in [0, 0.05) is 13.1 Å². The van der Waals surface area contributed by atoms with Crippen molar-refractivity contribution < 1.29 is 19.1 Å². The van der Waals surface area contributed by atoms with Crippen LogP contribution >= 0.6 is 0 Å². The van der Waals surface area contributed by atoms with Crippen LogP contribution in [0, 0.1) is 13.8 Å². The van der Waals surface area contributed by atoms with Crippen LogP contribution in [0.3, 0.4) is 0 Å². The van der Waals surface area contributed by atoms with Crippen LogP contribution in [-0.4, -0.2) is 47.5 Å². The quantitative estimate of drug-likeness (QED) is 0.407. The van der Waals surface area contributed by atoms with E-state index in [1.807, 2.05) is 32.0 Å². The summed E-state index contributed by atoms with van der Waals surface area (Å²) in [4.78, 5) is 40.9. The summed E-state index contributed by atoms with van der Waals surface area (Å²) in [7, 11) is 0. The Morgan fingerprint density at radius 2 is 1.65 bits per heavy atom. The van der Waals surface area contributed by atoms with Crippen LogP contribution in [0.15, 0.2) is 18.2 Å². The molecule has 3 amide bonds. The number of carbonyl (C=O) groups is 3. The lowest BCUT2D eigenvalue weighted by Crippen LogP contribution is -2.52. The van der Waals surface area contributed by atoms with Gasteiger partial charge in [-0.05, 0) is 71.1 Å². The molecule has 0 radical (unpaired) electrons. The first-order valence-corrected chi connectivity index (χ1v) is 12.6.